The third-order valence-electron chi connectivity index (χ3n) is 7.79. The number of nitrogens with two attached hydrogens (primary N) is 1. The molecule has 3 aromatic carbocycles. The zero-order chi connectivity index (χ0) is 32.8. The van der Waals surface area contributed by atoms with Crippen LogP contribution in [0.4, 0.5) is 10.5 Å². The summed E-state index contributed by atoms with van der Waals surface area (Å²) in [4.78, 5) is 55.1. The number of nitrogens with one attached hydrogen (secondary N) is 2. The molecule has 236 valence electrons. The fourth-order valence-electron chi connectivity index (χ4n) is 4.94. The summed E-state index contributed by atoms with van der Waals surface area (Å²) in [7, 11) is 0. The normalized spacial score (nSPS) is 13.1. The number of anilines is 1. The van der Waals surface area contributed by atoms with E-state index in [2.05, 4.69) is 10.6 Å². The Morgan fingerprint density at radius 3 is 2.14 bits per heavy atom. The van der Waals surface area contributed by atoms with E-state index in [1.54, 1.807) is 20.8 Å². The Labute approximate surface area is 260 Å². The van der Waals surface area contributed by atoms with Gasteiger partial charge in [-0.1, -0.05) is 55.5 Å². The fraction of sp³-hybridized carbons (Fsp3) is 0.429. The first-order valence-electron chi connectivity index (χ1n) is 15.0. The monoisotopic (exact) mass is 602 g/mol. The molecule has 0 saturated heterocycles. The number of hydrogen-bond donors (Lipinski definition) is 3. The van der Waals surface area contributed by atoms with Crippen molar-refractivity contribution in [2.45, 2.75) is 97.9 Å². The third-order valence-corrected chi connectivity index (χ3v) is 7.79. The summed E-state index contributed by atoms with van der Waals surface area (Å²) in [5.74, 6) is -1.56. The van der Waals surface area contributed by atoms with Crippen LogP contribution in [-0.4, -0.2) is 45.9 Å². The van der Waals surface area contributed by atoms with E-state index in [9.17, 15) is 19.2 Å². The molecular weight excluding hydrogens is 556 g/mol. The quantitative estimate of drug-likeness (QED) is 0.237. The number of rotatable bonds is 11. The van der Waals surface area contributed by atoms with Gasteiger partial charge in [-0.05, 0) is 101 Å². The maximum absolute atomic E-state index is 14.6. The second kappa shape index (κ2) is 13.9. The average molecular weight is 603 g/mol. The number of nitrogens with zero attached hydrogens (tertiary/aromatic N) is 1. The second-order valence-electron chi connectivity index (χ2n) is 12.9. The predicted molar refractivity (Wildman–Crippen MR) is 174 cm³/mol. The van der Waals surface area contributed by atoms with E-state index in [4.69, 9.17) is 10.5 Å². The molecule has 3 rings (SSSR count). The van der Waals surface area contributed by atoms with Crippen LogP contribution in [0.1, 0.15) is 83.5 Å². The molecule has 0 aromatic heterocycles. The molecule has 3 aromatic rings. The van der Waals surface area contributed by atoms with Crippen LogP contribution >= 0.6 is 0 Å². The molecular formula is C35H46N4O5. The van der Waals surface area contributed by atoms with Crippen LogP contribution in [0.15, 0.2) is 60.7 Å². The van der Waals surface area contributed by atoms with E-state index in [1.807, 2.05) is 95.3 Å². The molecule has 0 spiro atoms. The van der Waals surface area contributed by atoms with Crippen molar-refractivity contribution in [1.82, 2.24) is 10.2 Å². The molecule has 0 aliphatic carbocycles. The second-order valence-corrected chi connectivity index (χ2v) is 12.9. The van der Waals surface area contributed by atoms with E-state index in [1.165, 1.54) is 4.90 Å². The van der Waals surface area contributed by atoms with Gasteiger partial charge in [0.05, 0.1) is 0 Å². The molecule has 0 radical (unpaired) electrons. The summed E-state index contributed by atoms with van der Waals surface area (Å²) >= 11 is 0. The summed E-state index contributed by atoms with van der Waals surface area (Å²) in [5, 5.41) is 7.68. The van der Waals surface area contributed by atoms with Crippen molar-refractivity contribution in [2.24, 2.45) is 5.73 Å². The standard InChI is InChI=1S/C35H46N4O5/c1-9-35(7,8)39(32(42)28(18-19-29(36)40)38-33(43)44-34(4,5)6)30(26-15-14-22(2)23(3)20-26)31(41)37-27-17-16-24-12-10-11-13-25(24)21-27/h10-17,20-21,28,30H,9,18-19H2,1-8H3,(H2,36,40)(H,37,41)(H,38,43). The van der Waals surface area contributed by atoms with Crippen LogP contribution < -0.4 is 16.4 Å². The molecule has 0 aliphatic heterocycles. The highest BCUT2D eigenvalue weighted by molar-refractivity contribution is 6.00. The maximum atomic E-state index is 14.6. The Morgan fingerprint density at radius 2 is 1.55 bits per heavy atom. The highest BCUT2D eigenvalue weighted by atomic mass is 16.6. The zero-order valence-corrected chi connectivity index (χ0v) is 27.1. The molecule has 9 heteroatoms. The number of amides is 4. The van der Waals surface area contributed by atoms with Crippen molar-refractivity contribution in [3.63, 3.8) is 0 Å². The zero-order valence-electron chi connectivity index (χ0n) is 27.1. The van der Waals surface area contributed by atoms with Crippen LogP contribution in [0, 0.1) is 13.8 Å². The molecule has 0 aliphatic rings. The van der Waals surface area contributed by atoms with E-state index in [0.29, 0.717) is 17.7 Å². The Hall–Kier alpha value is -4.40. The number of aryl methyl sites for hydroxylation is 2. The number of benzene rings is 3. The molecule has 0 saturated carbocycles. The average Bonchev–Trinajstić information content (AvgIpc) is 2.93. The maximum Gasteiger partial charge on any atom is 0.408 e. The SMILES string of the molecule is CCC(C)(C)N(C(=O)C(CCC(N)=O)NC(=O)OC(C)(C)C)C(C(=O)Nc1ccc2ccccc2c1)c1ccc(C)c(C)c1. The molecule has 9 nitrogen and oxygen atoms in total. The fourth-order valence-corrected chi connectivity index (χ4v) is 4.94. The van der Waals surface area contributed by atoms with E-state index < -0.39 is 47.0 Å². The third kappa shape index (κ3) is 8.81. The molecule has 0 heterocycles. The smallest absolute Gasteiger partial charge is 0.408 e. The highest BCUT2D eigenvalue weighted by Gasteiger charge is 2.43. The number of hydrogen-bond acceptors (Lipinski definition) is 5. The van der Waals surface area contributed by atoms with Gasteiger partial charge in [-0.15, -0.1) is 0 Å². The van der Waals surface area contributed by atoms with Gasteiger partial charge in [0.15, 0.2) is 0 Å². The van der Waals surface area contributed by atoms with Gasteiger partial charge in [0.1, 0.15) is 17.7 Å². The van der Waals surface area contributed by atoms with Crippen LogP contribution in [0.5, 0.6) is 0 Å². The van der Waals surface area contributed by atoms with Gasteiger partial charge < -0.3 is 26.0 Å². The van der Waals surface area contributed by atoms with Crippen molar-refractivity contribution in [2.75, 3.05) is 5.32 Å². The molecule has 4 amide bonds. The molecule has 2 unspecified atom stereocenters. The molecule has 0 bridgehead atoms. The van der Waals surface area contributed by atoms with Crippen LogP contribution in [0.3, 0.4) is 0 Å². The van der Waals surface area contributed by atoms with E-state index >= 15 is 0 Å². The Morgan fingerprint density at radius 1 is 0.886 bits per heavy atom. The topological polar surface area (TPSA) is 131 Å². The van der Waals surface area contributed by atoms with Gasteiger partial charge in [-0.25, -0.2) is 4.79 Å². The van der Waals surface area contributed by atoms with Crippen molar-refractivity contribution in [3.8, 4) is 0 Å². The first kappa shape index (κ1) is 34.1. The van der Waals surface area contributed by atoms with E-state index in [0.717, 1.165) is 21.9 Å². The van der Waals surface area contributed by atoms with Crippen LogP contribution in [0.2, 0.25) is 0 Å². The summed E-state index contributed by atoms with van der Waals surface area (Å²) < 4.78 is 5.44. The predicted octanol–water partition coefficient (Wildman–Crippen LogP) is 6.31. The number of alkyl carbamates (subject to hydrolysis) is 1. The van der Waals surface area contributed by atoms with Crippen LogP contribution in [0.25, 0.3) is 10.8 Å². The minimum absolute atomic E-state index is 0.0599. The molecule has 2 atom stereocenters. The van der Waals surface area contributed by atoms with Gasteiger partial charge in [0.2, 0.25) is 11.8 Å². The van der Waals surface area contributed by atoms with E-state index in [-0.39, 0.29) is 12.8 Å². The van der Waals surface area contributed by atoms with Crippen LogP contribution in [-0.2, 0) is 19.1 Å². The lowest BCUT2D eigenvalue weighted by Gasteiger charge is -2.44. The van der Waals surface area contributed by atoms with Gasteiger partial charge in [-0.3, -0.25) is 14.4 Å². The Kier molecular flexibility index (Phi) is 10.8. The summed E-state index contributed by atoms with van der Waals surface area (Å²) in [6.07, 6.45) is -0.518. The van der Waals surface area contributed by atoms with Gasteiger partial charge in [0, 0.05) is 17.6 Å². The lowest BCUT2D eigenvalue weighted by atomic mass is 9.90. The number of ether oxygens (including phenoxy) is 1. The van der Waals surface area contributed by atoms with Gasteiger partial charge in [0.25, 0.3) is 5.91 Å². The minimum Gasteiger partial charge on any atom is -0.444 e. The minimum atomic E-state index is -1.18. The number of primary amides is 1. The van der Waals surface area contributed by atoms with Crippen molar-refractivity contribution in [3.05, 3.63) is 77.4 Å². The Balaban J connectivity index is 2.13. The van der Waals surface area contributed by atoms with Crippen molar-refractivity contribution in [1.29, 1.82) is 0 Å². The summed E-state index contributed by atoms with van der Waals surface area (Å²) in [6, 6.07) is 16.9. The molecule has 4 N–H and O–H groups in total. The lowest BCUT2D eigenvalue weighted by Crippen LogP contribution is -2.59. The molecule has 0 fully saturated rings. The van der Waals surface area contributed by atoms with Crippen molar-refractivity contribution < 1.29 is 23.9 Å². The molecule has 44 heavy (non-hydrogen) atoms. The van der Waals surface area contributed by atoms with Gasteiger partial charge >= 0.3 is 6.09 Å². The lowest BCUT2D eigenvalue weighted by molar-refractivity contribution is -0.148. The van der Waals surface area contributed by atoms with Crippen molar-refractivity contribution >= 4 is 40.3 Å². The number of carbonyl (C=O) groups is 4. The largest absolute Gasteiger partial charge is 0.444 e. The number of fused-ring (bicyclic) bond motifs is 1. The highest BCUT2D eigenvalue weighted by Crippen LogP contribution is 2.34. The first-order valence-corrected chi connectivity index (χ1v) is 15.0. The Bertz CT molecular complexity index is 1530. The summed E-state index contributed by atoms with van der Waals surface area (Å²) in [5.41, 5.74) is 6.99. The van der Waals surface area contributed by atoms with Gasteiger partial charge in [-0.2, -0.15) is 0 Å². The first-order chi connectivity index (χ1) is 20.5. The summed E-state index contributed by atoms with van der Waals surface area (Å²) in [6.45, 7) is 14.8. The number of carbonyl (C=O) groups excluding carboxylic acids is 4.